The van der Waals surface area contributed by atoms with Crippen LogP contribution >= 0.6 is 23.2 Å². The molecule has 0 radical (unpaired) electrons. The second kappa shape index (κ2) is 6.22. The normalized spacial score (nSPS) is 12.5. The molecule has 3 rings (SSSR count). The molecule has 1 atom stereocenters. The molecule has 0 aliphatic carbocycles. The van der Waals surface area contributed by atoms with Crippen LogP contribution in [0.1, 0.15) is 24.9 Å². The van der Waals surface area contributed by atoms with E-state index in [0.29, 0.717) is 33.1 Å². The van der Waals surface area contributed by atoms with Crippen molar-refractivity contribution in [2.45, 2.75) is 19.4 Å². The summed E-state index contributed by atoms with van der Waals surface area (Å²) in [5.74, 6) is 0. The van der Waals surface area contributed by atoms with Crippen LogP contribution in [-0.4, -0.2) is 9.55 Å². The average Bonchev–Trinajstić information content (AvgIpc) is 2.54. The summed E-state index contributed by atoms with van der Waals surface area (Å²) in [6.07, 6.45) is 2.28. The lowest BCUT2D eigenvalue weighted by atomic mass is 10.0. The Kier molecular flexibility index (Phi) is 4.28. The van der Waals surface area contributed by atoms with Crippen LogP contribution in [0.2, 0.25) is 10.0 Å². The summed E-state index contributed by atoms with van der Waals surface area (Å²) in [4.78, 5) is 17.2. The number of nitrogens with two attached hydrogens (primary N) is 1. The van der Waals surface area contributed by atoms with Crippen molar-refractivity contribution in [3.05, 3.63) is 68.7 Å². The maximum Gasteiger partial charge on any atom is 0.261 e. The van der Waals surface area contributed by atoms with Crippen molar-refractivity contribution in [1.29, 1.82) is 0 Å². The minimum atomic E-state index is -0.171. The Morgan fingerprint density at radius 2 is 1.96 bits per heavy atom. The predicted molar refractivity (Wildman–Crippen MR) is 95.3 cm³/mol. The molecule has 0 spiro atoms. The molecule has 23 heavy (non-hydrogen) atoms. The van der Waals surface area contributed by atoms with Crippen molar-refractivity contribution >= 4 is 39.8 Å². The molecule has 6 heteroatoms. The van der Waals surface area contributed by atoms with E-state index in [1.54, 1.807) is 41.2 Å². The Morgan fingerprint density at radius 1 is 1.17 bits per heavy atom. The highest BCUT2D eigenvalue weighted by atomic mass is 35.5. The summed E-state index contributed by atoms with van der Waals surface area (Å²) in [6.45, 7) is 2.00. The first-order valence-electron chi connectivity index (χ1n) is 7.22. The van der Waals surface area contributed by atoms with Gasteiger partial charge in [0.1, 0.15) is 0 Å². The standard InChI is InChI=1S/C17H15Cl2N3O/c1-2-16(10-3-5-13(18)14(19)7-10)22-9-21-15-6-4-11(20)8-12(15)17(22)23/h3-9,16H,2,20H2,1H3. The van der Waals surface area contributed by atoms with Crippen LogP contribution in [0.15, 0.2) is 47.5 Å². The van der Waals surface area contributed by atoms with Gasteiger partial charge in [0, 0.05) is 5.69 Å². The highest BCUT2D eigenvalue weighted by molar-refractivity contribution is 6.42. The Hall–Kier alpha value is -2.04. The first-order valence-corrected chi connectivity index (χ1v) is 7.98. The summed E-state index contributed by atoms with van der Waals surface area (Å²) in [6, 6.07) is 10.4. The van der Waals surface area contributed by atoms with E-state index in [1.165, 1.54) is 0 Å². The Labute approximate surface area is 143 Å². The molecule has 0 amide bonds. The molecule has 1 heterocycles. The van der Waals surface area contributed by atoms with Crippen molar-refractivity contribution in [2.75, 3.05) is 5.73 Å². The van der Waals surface area contributed by atoms with E-state index >= 15 is 0 Å². The first kappa shape index (κ1) is 15.8. The number of nitrogen functional groups attached to an aromatic ring is 1. The fourth-order valence-electron chi connectivity index (χ4n) is 2.69. The van der Waals surface area contributed by atoms with Gasteiger partial charge in [-0.05, 0) is 42.3 Å². The van der Waals surface area contributed by atoms with Crippen LogP contribution in [0.25, 0.3) is 10.9 Å². The van der Waals surface area contributed by atoms with Gasteiger partial charge in [-0.2, -0.15) is 0 Å². The van der Waals surface area contributed by atoms with E-state index in [1.807, 2.05) is 13.0 Å². The van der Waals surface area contributed by atoms with Gasteiger partial charge in [0.25, 0.3) is 5.56 Å². The zero-order valence-electron chi connectivity index (χ0n) is 12.5. The van der Waals surface area contributed by atoms with Crippen LogP contribution in [0, 0.1) is 0 Å². The van der Waals surface area contributed by atoms with Crippen LogP contribution in [0.5, 0.6) is 0 Å². The summed E-state index contributed by atoms with van der Waals surface area (Å²) in [7, 11) is 0. The molecule has 4 nitrogen and oxygen atoms in total. The molecule has 2 aromatic carbocycles. The van der Waals surface area contributed by atoms with Crippen molar-refractivity contribution in [1.82, 2.24) is 9.55 Å². The second-order valence-corrected chi connectivity index (χ2v) is 6.15. The van der Waals surface area contributed by atoms with Gasteiger partial charge >= 0.3 is 0 Å². The van der Waals surface area contributed by atoms with E-state index in [0.717, 1.165) is 5.56 Å². The van der Waals surface area contributed by atoms with Gasteiger partial charge < -0.3 is 5.73 Å². The number of nitrogens with zero attached hydrogens (tertiary/aromatic N) is 2. The third kappa shape index (κ3) is 2.92. The number of fused-ring (bicyclic) bond motifs is 1. The molecule has 0 saturated carbocycles. The van der Waals surface area contributed by atoms with Gasteiger partial charge in [-0.3, -0.25) is 9.36 Å². The average molecular weight is 348 g/mol. The van der Waals surface area contributed by atoms with Crippen molar-refractivity contribution in [2.24, 2.45) is 0 Å². The smallest absolute Gasteiger partial charge is 0.261 e. The predicted octanol–water partition coefficient (Wildman–Crippen LogP) is 4.28. The lowest BCUT2D eigenvalue weighted by molar-refractivity contribution is 0.544. The van der Waals surface area contributed by atoms with E-state index in [9.17, 15) is 4.79 Å². The molecule has 0 aliphatic heterocycles. The van der Waals surface area contributed by atoms with Gasteiger partial charge in [-0.1, -0.05) is 36.2 Å². The quantitative estimate of drug-likeness (QED) is 0.719. The summed E-state index contributed by atoms with van der Waals surface area (Å²) < 4.78 is 1.61. The Morgan fingerprint density at radius 3 is 2.65 bits per heavy atom. The fourth-order valence-corrected chi connectivity index (χ4v) is 2.99. The van der Waals surface area contributed by atoms with Crippen molar-refractivity contribution in [3.63, 3.8) is 0 Å². The number of halogens is 2. The SMILES string of the molecule is CCC(c1ccc(Cl)c(Cl)c1)n1cnc2ccc(N)cc2c1=O. The molecule has 3 aromatic rings. The first-order chi connectivity index (χ1) is 11.0. The number of anilines is 1. The minimum Gasteiger partial charge on any atom is -0.399 e. The van der Waals surface area contributed by atoms with Crippen molar-refractivity contribution < 1.29 is 0 Å². The molecule has 1 unspecified atom stereocenters. The third-order valence-electron chi connectivity index (χ3n) is 3.86. The zero-order chi connectivity index (χ0) is 16.6. The molecule has 118 valence electrons. The van der Waals surface area contributed by atoms with E-state index in [-0.39, 0.29) is 11.6 Å². The molecule has 0 aliphatic rings. The van der Waals surface area contributed by atoms with E-state index in [4.69, 9.17) is 28.9 Å². The van der Waals surface area contributed by atoms with E-state index < -0.39 is 0 Å². The maximum atomic E-state index is 12.8. The van der Waals surface area contributed by atoms with Gasteiger partial charge in [-0.15, -0.1) is 0 Å². The highest BCUT2D eigenvalue weighted by Gasteiger charge is 2.16. The number of hydrogen-bond acceptors (Lipinski definition) is 3. The molecular weight excluding hydrogens is 333 g/mol. The van der Waals surface area contributed by atoms with Crippen LogP contribution in [0.4, 0.5) is 5.69 Å². The molecule has 2 N–H and O–H groups in total. The summed E-state index contributed by atoms with van der Waals surface area (Å²) in [5.41, 5.74) is 7.75. The van der Waals surface area contributed by atoms with E-state index in [2.05, 4.69) is 4.98 Å². The Bertz CT molecular complexity index is 937. The minimum absolute atomic E-state index is 0.125. The summed E-state index contributed by atoms with van der Waals surface area (Å²) >= 11 is 12.1. The second-order valence-electron chi connectivity index (χ2n) is 5.33. The monoisotopic (exact) mass is 347 g/mol. The number of aromatic nitrogens is 2. The Balaban J connectivity index is 2.18. The van der Waals surface area contributed by atoms with Crippen LogP contribution in [0.3, 0.4) is 0 Å². The topological polar surface area (TPSA) is 60.9 Å². The lowest BCUT2D eigenvalue weighted by Crippen LogP contribution is -2.25. The third-order valence-corrected chi connectivity index (χ3v) is 4.60. The van der Waals surface area contributed by atoms with Gasteiger partial charge in [0.2, 0.25) is 0 Å². The van der Waals surface area contributed by atoms with Crippen molar-refractivity contribution in [3.8, 4) is 0 Å². The van der Waals surface area contributed by atoms with Gasteiger partial charge in [0.05, 0.1) is 33.3 Å². The molecule has 1 aromatic heterocycles. The lowest BCUT2D eigenvalue weighted by Gasteiger charge is -2.19. The molecule has 0 fully saturated rings. The highest BCUT2D eigenvalue weighted by Crippen LogP contribution is 2.28. The largest absolute Gasteiger partial charge is 0.399 e. The van der Waals surface area contributed by atoms with Crippen LogP contribution < -0.4 is 11.3 Å². The fraction of sp³-hybridized carbons (Fsp3) is 0.176. The number of hydrogen-bond donors (Lipinski definition) is 1. The molecular formula is C17H15Cl2N3O. The number of benzene rings is 2. The van der Waals surface area contributed by atoms with Gasteiger partial charge in [0.15, 0.2) is 0 Å². The summed E-state index contributed by atoms with van der Waals surface area (Å²) in [5, 5.41) is 1.46. The molecule has 0 saturated heterocycles. The number of rotatable bonds is 3. The van der Waals surface area contributed by atoms with Crippen LogP contribution in [-0.2, 0) is 0 Å². The maximum absolute atomic E-state index is 12.8. The van der Waals surface area contributed by atoms with Gasteiger partial charge in [-0.25, -0.2) is 4.98 Å². The molecule has 0 bridgehead atoms. The zero-order valence-corrected chi connectivity index (χ0v) is 14.0.